The Bertz CT molecular complexity index is 1140. The predicted octanol–water partition coefficient (Wildman–Crippen LogP) is 22.8. The van der Waals surface area contributed by atoms with Gasteiger partial charge < -0.3 is 14.2 Å². The summed E-state index contributed by atoms with van der Waals surface area (Å²) in [5.41, 5.74) is 0. The second kappa shape index (κ2) is 60.6. The van der Waals surface area contributed by atoms with Crippen molar-refractivity contribution in [3.63, 3.8) is 0 Å². The normalized spacial score (nSPS) is 12.0. The van der Waals surface area contributed by atoms with Crippen molar-refractivity contribution in [2.45, 2.75) is 394 Å². The standard InChI is InChI=1S/C68H132O6/c1-6-7-8-9-10-11-12-13-14-23-30-35-40-45-50-55-60-68(71)74-65(62-73-67(70)59-54-49-44-39-34-29-25-20-19-22-27-32-37-42-47-52-57-64(4)5)61-72-66(69)58-53-48-43-38-33-28-24-18-16-15-17-21-26-31-36-41-46-51-56-63(2)3/h63-65H,6-62H2,1-5H3/t65-/m1/s1. The molecule has 0 rings (SSSR count). The van der Waals surface area contributed by atoms with Crippen molar-refractivity contribution in [3.8, 4) is 0 Å². The van der Waals surface area contributed by atoms with Gasteiger partial charge in [-0.25, -0.2) is 0 Å². The third kappa shape index (κ3) is 61.3. The van der Waals surface area contributed by atoms with E-state index in [1.807, 2.05) is 0 Å². The van der Waals surface area contributed by atoms with E-state index in [1.54, 1.807) is 0 Å². The molecule has 0 saturated heterocycles. The molecule has 0 fully saturated rings. The Morgan fingerprint density at radius 2 is 0.446 bits per heavy atom. The van der Waals surface area contributed by atoms with Gasteiger partial charge in [-0.2, -0.15) is 0 Å². The van der Waals surface area contributed by atoms with Crippen LogP contribution in [0.1, 0.15) is 388 Å². The molecule has 74 heavy (non-hydrogen) atoms. The molecule has 0 aromatic heterocycles. The lowest BCUT2D eigenvalue weighted by Crippen LogP contribution is -2.30. The van der Waals surface area contributed by atoms with Crippen molar-refractivity contribution < 1.29 is 28.6 Å². The summed E-state index contributed by atoms with van der Waals surface area (Å²) in [5, 5.41) is 0. The summed E-state index contributed by atoms with van der Waals surface area (Å²) in [6.45, 7) is 11.5. The number of esters is 3. The van der Waals surface area contributed by atoms with Gasteiger partial charge in [0.1, 0.15) is 13.2 Å². The van der Waals surface area contributed by atoms with Gasteiger partial charge in [-0.3, -0.25) is 14.4 Å². The number of ether oxygens (including phenoxy) is 3. The molecule has 0 aliphatic heterocycles. The molecule has 0 aromatic carbocycles. The number of rotatable bonds is 62. The first kappa shape index (κ1) is 72.4. The Balaban J connectivity index is 4.26. The monoisotopic (exact) mass is 1050 g/mol. The van der Waals surface area contributed by atoms with E-state index in [-0.39, 0.29) is 31.1 Å². The number of carbonyl (C=O) groups is 3. The summed E-state index contributed by atoms with van der Waals surface area (Å²) in [4.78, 5) is 38.4. The minimum Gasteiger partial charge on any atom is -0.462 e. The largest absolute Gasteiger partial charge is 0.462 e. The maximum Gasteiger partial charge on any atom is 0.306 e. The molecule has 0 N–H and O–H groups in total. The fourth-order valence-electron chi connectivity index (χ4n) is 10.6. The molecule has 0 aromatic rings. The summed E-state index contributed by atoms with van der Waals surface area (Å²) in [7, 11) is 0. The molecule has 0 aliphatic carbocycles. The molecule has 0 aliphatic rings. The molecule has 0 amide bonds. The molecule has 0 spiro atoms. The highest BCUT2D eigenvalue weighted by atomic mass is 16.6. The van der Waals surface area contributed by atoms with E-state index in [2.05, 4.69) is 34.6 Å². The van der Waals surface area contributed by atoms with E-state index in [0.29, 0.717) is 19.3 Å². The van der Waals surface area contributed by atoms with E-state index in [0.717, 1.165) is 69.6 Å². The van der Waals surface area contributed by atoms with Crippen molar-refractivity contribution in [1.82, 2.24) is 0 Å². The van der Waals surface area contributed by atoms with Crippen LogP contribution in [0.15, 0.2) is 0 Å². The zero-order chi connectivity index (χ0) is 53.9. The van der Waals surface area contributed by atoms with Crippen molar-refractivity contribution >= 4 is 17.9 Å². The topological polar surface area (TPSA) is 78.9 Å². The van der Waals surface area contributed by atoms with Gasteiger partial charge in [0.25, 0.3) is 0 Å². The Morgan fingerprint density at radius 3 is 0.662 bits per heavy atom. The van der Waals surface area contributed by atoms with Gasteiger partial charge in [-0.05, 0) is 31.1 Å². The number of hydrogen-bond acceptors (Lipinski definition) is 6. The van der Waals surface area contributed by atoms with Gasteiger partial charge in [0.05, 0.1) is 0 Å². The molecule has 1 atom stereocenters. The Morgan fingerprint density at radius 1 is 0.257 bits per heavy atom. The number of carbonyl (C=O) groups excluding carboxylic acids is 3. The summed E-state index contributed by atoms with van der Waals surface area (Å²) in [5.74, 6) is 0.886. The maximum atomic E-state index is 12.9. The van der Waals surface area contributed by atoms with Crippen LogP contribution in [0.25, 0.3) is 0 Å². The first-order chi connectivity index (χ1) is 36.2. The smallest absolute Gasteiger partial charge is 0.306 e. The van der Waals surface area contributed by atoms with Gasteiger partial charge in [-0.15, -0.1) is 0 Å². The zero-order valence-corrected chi connectivity index (χ0v) is 51.0. The molecule has 6 nitrogen and oxygen atoms in total. The predicted molar refractivity (Wildman–Crippen MR) is 321 cm³/mol. The fraction of sp³-hybridized carbons (Fsp3) is 0.956. The molecule has 0 saturated carbocycles. The molecule has 0 heterocycles. The Kier molecular flexibility index (Phi) is 59.3. The lowest BCUT2D eigenvalue weighted by atomic mass is 10.0. The van der Waals surface area contributed by atoms with Crippen LogP contribution in [0.3, 0.4) is 0 Å². The molecule has 0 bridgehead atoms. The van der Waals surface area contributed by atoms with Crippen LogP contribution in [-0.2, 0) is 28.6 Å². The Hall–Kier alpha value is -1.59. The first-order valence-corrected chi connectivity index (χ1v) is 33.7. The zero-order valence-electron chi connectivity index (χ0n) is 51.0. The van der Waals surface area contributed by atoms with Gasteiger partial charge in [-0.1, -0.05) is 349 Å². The molecule has 440 valence electrons. The average Bonchev–Trinajstić information content (AvgIpc) is 3.38. The van der Waals surface area contributed by atoms with Crippen molar-refractivity contribution in [1.29, 1.82) is 0 Å². The Labute approximate surface area is 463 Å². The van der Waals surface area contributed by atoms with Crippen LogP contribution < -0.4 is 0 Å². The van der Waals surface area contributed by atoms with Crippen LogP contribution in [0.4, 0.5) is 0 Å². The van der Waals surface area contributed by atoms with Gasteiger partial charge in [0, 0.05) is 19.3 Å². The van der Waals surface area contributed by atoms with Gasteiger partial charge >= 0.3 is 17.9 Å². The summed E-state index contributed by atoms with van der Waals surface area (Å²) < 4.78 is 17.0. The molecule has 6 heteroatoms. The minimum absolute atomic E-state index is 0.0613. The highest BCUT2D eigenvalue weighted by molar-refractivity contribution is 5.71. The lowest BCUT2D eigenvalue weighted by Gasteiger charge is -2.18. The highest BCUT2D eigenvalue weighted by Gasteiger charge is 2.19. The van der Waals surface area contributed by atoms with Crippen LogP contribution in [0.2, 0.25) is 0 Å². The second-order valence-corrected chi connectivity index (χ2v) is 24.4. The quantitative estimate of drug-likeness (QED) is 0.0343. The lowest BCUT2D eigenvalue weighted by molar-refractivity contribution is -0.167. The summed E-state index contributed by atoms with van der Waals surface area (Å²) in [6, 6.07) is 0. The second-order valence-electron chi connectivity index (χ2n) is 24.4. The van der Waals surface area contributed by atoms with Gasteiger partial charge in [0.2, 0.25) is 0 Å². The third-order valence-electron chi connectivity index (χ3n) is 15.7. The van der Waals surface area contributed by atoms with E-state index < -0.39 is 6.10 Å². The van der Waals surface area contributed by atoms with Crippen molar-refractivity contribution in [2.24, 2.45) is 11.8 Å². The molecular weight excluding hydrogens is 913 g/mol. The highest BCUT2D eigenvalue weighted by Crippen LogP contribution is 2.19. The molecule has 0 radical (unpaired) electrons. The molecule has 0 unspecified atom stereocenters. The third-order valence-corrected chi connectivity index (χ3v) is 15.7. The van der Waals surface area contributed by atoms with Gasteiger partial charge in [0.15, 0.2) is 6.10 Å². The van der Waals surface area contributed by atoms with Crippen LogP contribution >= 0.6 is 0 Å². The van der Waals surface area contributed by atoms with E-state index in [9.17, 15) is 14.4 Å². The number of hydrogen-bond donors (Lipinski definition) is 0. The van der Waals surface area contributed by atoms with E-state index in [4.69, 9.17) is 14.2 Å². The fourth-order valence-corrected chi connectivity index (χ4v) is 10.6. The maximum absolute atomic E-state index is 12.9. The first-order valence-electron chi connectivity index (χ1n) is 33.7. The minimum atomic E-state index is -0.764. The number of unbranched alkanes of at least 4 members (excludes halogenated alkanes) is 47. The van der Waals surface area contributed by atoms with E-state index in [1.165, 1.54) is 276 Å². The van der Waals surface area contributed by atoms with Crippen molar-refractivity contribution in [3.05, 3.63) is 0 Å². The van der Waals surface area contributed by atoms with Crippen LogP contribution in [-0.4, -0.2) is 37.2 Å². The van der Waals surface area contributed by atoms with Crippen LogP contribution in [0.5, 0.6) is 0 Å². The van der Waals surface area contributed by atoms with Crippen molar-refractivity contribution in [2.75, 3.05) is 13.2 Å². The van der Waals surface area contributed by atoms with E-state index >= 15 is 0 Å². The molecular formula is C68H132O6. The summed E-state index contributed by atoms with van der Waals surface area (Å²) >= 11 is 0. The SMILES string of the molecule is CCCCCCCCCCCCCCCCCCC(=O)O[C@H](COC(=O)CCCCCCCCCCCCCCCCCCCCC(C)C)COC(=O)CCCCCCCCCCCCCCCCCCC(C)C. The van der Waals surface area contributed by atoms with Crippen LogP contribution in [0, 0.1) is 11.8 Å². The average molecular weight is 1050 g/mol. The summed E-state index contributed by atoms with van der Waals surface area (Å²) in [6.07, 6.45) is 68.2.